The van der Waals surface area contributed by atoms with Crippen LogP contribution in [0.4, 0.5) is 0 Å². The highest BCUT2D eigenvalue weighted by Gasteiger charge is 2.11. The molecule has 1 N–H and O–H groups in total. The van der Waals surface area contributed by atoms with E-state index in [2.05, 4.69) is 13.0 Å². The van der Waals surface area contributed by atoms with Gasteiger partial charge < -0.3 is 5.11 Å². The van der Waals surface area contributed by atoms with Gasteiger partial charge in [-0.25, -0.2) is 0 Å². The number of benzene rings is 1. The lowest BCUT2D eigenvalue weighted by Gasteiger charge is -2.12. The molecule has 1 rings (SSSR count). The minimum absolute atomic E-state index is 0.0259. The molecule has 1 aromatic carbocycles. The summed E-state index contributed by atoms with van der Waals surface area (Å²) < 4.78 is 0. The fraction of sp³-hybridized carbons (Fsp3) is 0.333. The average Bonchev–Trinajstić information content (AvgIpc) is 2.26. The highest BCUT2D eigenvalue weighted by molar-refractivity contribution is 5.46. The maximum atomic E-state index is 9.02. The Bertz CT molecular complexity index is 352. The van der Waals surface area contributed by atoms with Gasteiger partial charge in [0.25, 0.3) is 0 Å². The fourth-order valence-corrected chi connectivity index (χ4v) is 1.49. The van der Waals surface area contributed by atoms with Gasteiger partial charge in [0.2, 0.25) is 0 Å². The van der Waals surface area contributed by atoms with Gasteiger partial charge in [-0.15, -0.1) is 0 Å². The lowest BCUT2D eigenvalue weighted by molar-refractivity contribution is 0.282. The van der Waals surface area contributed by atoms with Crippen LogP contribution in [0.1, 0.15) is 29.5 Å². The zero-order chi connectivity index (χ0) is 10.6. The summed E-state index contributed by atoms with van der Waals surface area (Å²) in [7, 11) is 0. The molecule has 14 heavy (non-hydrogen) atoms. The summed E-state index contributed by atoms with van der Waals surface area (Å²) in [6.45, 7) is 5.79. The number of aliphatic hydroxyl groups excluding tert-OH is 1. The molecular formula is C12H14NO. The molecule has 0 saturated heterocycles. The summed E-state index contributed by atoms with van der Waals surface area (Å²) in [5, 5.41) is 18.0. The predicted molar refractivity (Wildman–Crippen MR) is 55.7 cm³/mol. The molecule has 1 unspecified atom stereocenters. The summed E-state index contributed by atoms with van der Waals surface area (Å²) in [5.41, 5.74) is 2.53. The zero-order valence-electron chi connectivity index (χ0n) is 8.33. The molecular weight excluding hydrogens is 174 g/mol. The molecule has 0 aromatic heterocycles. The van der Waals surface area contributed by atoms with Crippen molar-refractivity contribution in [3.63, 3.8) is 0 Å². The van der Waals surface area contributed by atoms with Gasteiger partial charge in [0.15, 0.2) is 0 Å². The van der Waals surface area contributed by atoms with Crippen LogP contribution in [0.5, 0.6) is 0 Å². The maximum Gasteiger partial charge on any atom is 0.0997 e. The lowest BCUT2D eigenvalue weighted by Crippen LogP contribution is -2.04. The Kier molecular flexibility index (Phi) is 3.67. The first-order chi connectivity index (χ1) is 6.74. The van der Waals surface area contributed by atoms with Crippen LogP contribution in [0.3, 0.4) is 0 Å². The van der Waals surface area contributed by atoms with Gasteiger partial charge in [-0.05, 0) is 24.5 Å². The summed E-state index contributed by atoms with van der Waals surface area (Å²) >= 11 is 0. The largest absolute Gasteiger partial charge is 0.396 e. The quantitative estimate of drug-likeness (QED) is 0.788. The van der Waals surface area contributed by atoms with Crippen LogP contribution in [0.2, 0.25) is 0 Å². The van der Waals surface area contributed by atoms with Crippen molar-refractivity contribution < 1.29 is 5.11 Å². The van der Waals surface area contributed by atoms with Crippen LogP contribution in [0.15, 0.2) is 18.2 Å². The Morgan fingerprint density at radius 1 is 1.57 bits per heavy atom. The Morgan fingerprint density at radius 2 is 2.29 bits per heavy atom. The normalized spacial score (nSPS) is 12.1. The second-order valence-corrected chi connectivity index (χ2v) is 3.23. The first-order valence-corrected chi connectivity index (χ1v) is 4.70. The van der Waals surface area contributed by atoms with Crippen LogP contribution >= 0.6 is 0 Å². The topological polar surface area (TPSA) is 44.0 Å². The van der Waals surface area contributed by atoms with Gasteiger partial charge >= 0.3 is 0 Å². The minimum atomic E-state index is -0.212. The third-order valence-corrected chi connectivity index (χ3v) is 2.34. The summed E-state index contributed by atoms with van der Waals surface area (Å²) in [6.07, 6.45) is 0.828. The lowest BCUT2D eigenvalue weighted by atomic mass is 9.92. The molecule has 0 heterocycles. The third kappa shape index (κ3) is 1.94. The van der Waals surface area contributed by atoms with E-state index in [1.807, 2.05) is 25.1 Å². The van der Waals surface area contributed by atoms with Crippen molar-refractivity contribution in [1.29, 1.82) is 5.26 Å². The number of rotatable bonds is 3. The molecule has 0 saturated carbocycles. The zero-order valence-corrected chi connectivity index (χ0v) is 8.33. The van der Waals surface area contributed by atoms with Crippen LogP contribution in [-0.2, 0) is 6.42 Å². The van der Waals surface area contributed by atoms with E-state index in [0.717, 1.165) is 17.5 Å². The molecule has 73 valence electrons. The number of aryl methyl sites for hydroxylation is 1. The minimum Gasteiger partial charge on any atom is -0.396 e. The van der Waals surface area contributed by atoms with Crippen molar-refractivity contribution in [2.24, 2.45) is 0 Å². The summed E-state index contributed by atoms with van der Waals surface area (Å²) in [5.74, 6) is -0.212. The van der Waals surface area contributed by atoms with Gasteiger partial charge in [0, 0.05) is 12.5 Å². The van der Waals surface area contributed by atoms with Crippen LogP contribution in [-0.4, -0.2) is 11.7 Å². The number of hydrogen-bond acceptors (Lipinski definition) is 2. The Balaban J connectivity index is 3.23. The maximum absolute atomic E-state index is 9.02. The molecule has 1 atom stereocenters. The van der Waals surface area contributed by atoms with E-state index in [1.165, 1.54) is 0 Å². The van der Waals surface area contributed by atoms with Crippen LogP contribution in [0, 0.1) is 18.3 Å². The van der Waals surface area contributed by atoms with Crippen LogP contribution < -0.4 is 0 Å². The third-order valence-electron chi connectivity index (χ3n) is 2.34. The van der Waals surface area contributed by atoms with Gasteiger partial charge in [0.1, 0.15) is 0 Å². The Morgan fingerprint density at radius 3 is 2.79 bits per heavy atom. The van der Waals surface area contributed by atoms with Crippen molar-refractivity contribution >= 4 is 0 Å². The number of hydrogen-bond donors (Lipinski definition) is 1. The average molecular weight is 188 g/mol. The molecule has 0 amide bonds. The first-order valence-electron chi connectivity index (χ1n) is 4.70. The SMILES string of the molecule is [CH2]C(CO)c1cccc(CC)c1C#N. The molecule has 0 aliphatic carbocycles. The molecule has 2 nitrogen and oxygen atoms in total. The van der Waals surface area contributed by atoms with Crippen LogP contribution in [0.25, 0.3) is 0 Å². The standard InChI is InChI=1S/C12H14NO/c1-3-10-5-4-6-11(9(2)8-14)12(10)7-13/h4-6,9,14H,2-3,8H2,1H3. The summed E-state index contributed by atoms with van der Waals surface area (Å²) in [4.78, 5) is 0. The van der Waals surface area contributed by atoms with E-state index in [1.54, 1.807) is 0 Å². The van der Waals surface area contributed by atoms with E-state index in [0.29, 0.717) is 5.56 Å². The number of aliphatic hydroxyl groups is 1. The Hall–Kier alpha value is -1.33. The van der Waals surface area contributed by atoms with Gasteiger partial charge in [-0.3, -0.25) is 0 Å². The van der Waals surface area contributed by atoms with E-state index in [-0.39, 0.29) is 12.5 Å². The van der Waals surface area contributed by atoms with E-state index in [9.17, 15) is 0 Å². The van der Waals surface area contributed by atoms with Gasteiger partial charge in [-0.2, -0.15) is 5.26 Å². The second kappa shape index (κ2) is 4.78. The van der Waals surface area contributed by atoms with Crippen molar-refractivity contribution in [1.82, 2.24) is 0 Å². The Labute approximate surface area is 84.8 Å². The van der Waals surface area contributed by atoms with Gasteiger partial charge in [0.05, 0.1) is 11.6 Å². The molecule has 1 radical (unpaired) electrons. The fourth-order valence-electron chi connectivity index (χ4n) is 1.49. The molecule has 1 aromatic rings. The monoisotopic (exact) mass is 188 g/mol. The highest BCUT2D eigenvalue weighted by atomic mass is 16.3. The van der Waals surface area contributed by atoms with E-state index >= 15 is 0 Å². The first kappa shape index (κ1) is 10.7. The summed E-state index contributed by atoms with van der Waals surface area (Å²) in [6, 6.07) is 7.87. The van der Waals surface area contributed by atoms with Crippen molar-refractivity contribution in [2.45, 2.75) is 19.3 Å². The molecule has 0 aliphatic heterocycles. The van der Waals surface area contributed by atoms with E-state index < -0.39 is 0 Å². The highest BCUT2D eigenvalue weighted by Crippen LogP contribution is 2.22. The van der Waals surface area contributed by atoms with Crippen molar-refractivity contribution in [2.75, 3.05) is 6.61 Å². The van der Waals surface area contributed by atoms with E-state index in [4.69, 9.17) is 10.4 Å². The van der Waals surface area contributed by atoms with Gasteiger partial charge in [-0.1, -0.05) is 25.1 Å². The molecule has 0 bridgehead atoms. The molecule has 0 spiro atoms. The smallest absolute Gasteiger partial charge is 0.0997 e. The van der Waals surface area contributed by atoms with Crippen molar-refractivity contribution in [3.05, 3.63) is 41.8 Å². The van der Waals surface area contributed by atoms with Crippen molar-refractivity contribution in [3.8, 4) is 6.07 Å². The number of nitrogens with zero attached hydrogens (tertiary/aromatic N) is 1. The predicted octanol–water partition coefficient (Wildman–Crippen LogP) is 2.03. The number of nitriles is 1. The molecule has 0 aliphatic rings. The molecule has 0 fully saturated rings. The molecule has 2 heteroatoms. The second-order valence-electron chi connectivity index (χ2n) is 3.23.